The second-order valence-corrected chi connectivity index (χ2v) is 3.28. The van der Waals surface area contributed by atoms with Gasteiger partial charge in [-0.15, -0.1) is 0 Å². The molecule has 5 heteroatoms. The molecule has 0 aliphatic rings. The normalized spacial score (nSPS) is 11.6. The van der Waals surface area contributed by atoms with Crippen molar-refractivity contribution in [3.05, 3.63) is 0 Å². The summed E-state index contributed by atoms with van der Waals surface area (Å²) in [7, 11) is 0. The van der Waals surface area contributed by atoms with Gasteiger partial charge in [0.05, 0.1) is 31.8 Å². The quantitative estimate of drug-likeness (QED) is 0.476. The molecule has 0 spiro atoms. The Morgan fingerprint density at radius 2 is 1.88 bits per heavy atom. The number of carbonyl (C=O) groups excluding carboxylic acids is 1. The van der Waals surface area contributed by atoms with Gasteiger partial charge in [-0.3, -0.25) is 9.69 Å². The van der Waals surface area contributed by atoms with Crippen LogP contribution in [-0.2, 0) is 9.53 Å². The fourth-order valence-electron chi connectivity index (χ4n) is 1.42. The number of hydrogen-bond acceptors (Lipinski definition) is 5. The second-order valence-electron chi connectivity index (χ2n) is 3.28. The Kier molecular flexibility index (Phi) is 7.83. The van der Waals surface area contributed by atoms with Gasteiger partial charge in [0, 0.05) is 0 Å². The molecular weight excluding hydrogens is 206 g/mol. The van der Waals surface area contributed by atoms with Crippen LogP contribution >= 0.6 is 0 Å². The Labute approximate surface area is 96.2 Å². The first kappa shape index (κ1) is 14.4. The summed E-state index contributed by atoms with van der Waals surface area (Å²) in [6.45, 7) is 4.13. The van der Waals surface area contributed by atoms with E-state index in [1.54, 1.807) is 11.8 Å². The van der Waals surface area contributed by atoms with Crippen LogP contribution in [0.2, 0.25) is 0 Å². The minimum absolute atomic E-state index is 0.0665. The van der Waals surface area contributed by atoms with Crippen molar-refractivity contribution < 1.29 is 9.53 Å². The monoisotopic (exact) mass is 223 g/mol. The summed E-state index contributed by atoms with van der Waals surface area (Å²) < 4.78 is 4.93. The first-order valence-electron chi connectivity index (χ1n) is 5.35. The van der Waals surface area contributed by atoms with E-state index in [1.165, 1.54) is 0 Å². The number of rotatable bonds is 7. The maximum absolute atomic E-state index is 11.6. The van der Waals surface area contributed by atoms with Crippen LogP contribution in [0.4, 0.5) is 0 Å². The molecule has 1 unspecified atom stereocenters. The number of nitrogens with zero attached hydrogens (tertiary/aromatic N) is 3. The molecule has 0 aromatic rings. The van der Waals surface area contributed by atoms with Gasteiger partial charge in [-0.2, -0.15) is 10.5 Å². The maximum Gasteiger partial charge on any atom is 0.323 e. The second kappa shape index (κ2) is 8.70. The number of nitriles is 2. The highest BCUT2D eigenvalue weighted by Gasteiger charge is 2.25. The lowest BCUT2D eigenvalue weighted by molar-refractivity contribution is -0.149. The van der Waals surface area contributed by atoms with Crippen LogP contribution in [0.1, 0.15) is 26.7 Å². The molecule has 0 fully saturated rings. The molecule has 5 nitrogen and oxygen atoms in total. The van der Waals surface area contributed by atoms with Crippen LogP contribution in [0.25, 0.3) is 0 Å². The molecule has 1 atom stereocenters. The first-order chi connectivity index (χ1) is 7.71. The molecule has 0 bridgehead atoms. The molecule has 0 aromatic heterocycles. The van der Waals surface area contributed by atoms with Gasteiger partial charge in [0.25, 0.3) is 0 Å². The summed E-state index contributed by atoms with van der Waals surface area (Å²) in [5.41, 5.74) is 0. The van der Waals surface area contributed by atoms with Crippen LogP contribution < -0.4 is 0 Å². The third-order valence-electron chi connectivity index (χ3n) is 2.11. The molecule has 0 amide bonds. The Hall–Kier alpha value is -1.59. The fourth-order valence-corrected chi connectivity index (χ4v) is 1.42. The van der Waals surface area contributed by atoms with Gasteiger partial charge in [-0.05, 0) is 13.3 Å². The highest BCUT2D eigenvalue weighted by Crippen LogP contribution is 2.08. The van der Waals surface area contributed by atoms with Crippen LogP contribution in [0.5, 0.6) is 0 Å². The predicted octanol–water partition coefficient (Wildman–Crippen LogP) is 1.07. The van der Waals surface area contributed by atoms with Gasteiger partial charge in [-0.1, -0.05) is 13.3 Å². The average Bonchev–Trinajstić information content (AvgIpc) is 2.26. The molecular formula is C11H17N3O2. The smallest absolute Gasteiger partial charge is 0.323 e. The van der Waals surface area contributed by atoms with E-state index in [0.717, 1.165) is 6.42 Å². The fraction of sp³-hybridized carbons (Fsp3) is 0.727. The summed E-state index contributed by atoms with van der Waals surface area (Å²) >= 11 is 0. The molecule has 16 heavy (non-hydrogen) atoms. The van der Waals surface area contributed by atoms with Gasteiger partial charge < -0.3 is 4.74 Å². The van der Waals surface area contributed by atoms with Crippen molar-refractivity contribution in [2.45, 2.75) is 32.7 Å². The van der Waals surface area contributed by atoms with E-state index in [2.05, 4.69) is 0 Å². The molecule has 0 saturated heterocycles. The van der Waals surface area contributed by atoms with Gasteiger partial charge in [0.15, 0.2) is 0 Å². The Balaban J connectivity index is 4.63. The van der Waals surface area contributed by atoms with Crippen molar-refractivity contribution in [2.75, 3.05) is 19.7 Å². The van der Waals surface area contributed by atoms with Gasteiger partial charge in [0.2, 0.25) is 0 Å². The van der Waals surface area contributed by atoms with Gasteiger partial charge in [0.1, 0.15) is 6.04 Å². The minimum atomic E-state index is -0.482. The van der Waals surface area contributed by atoms with E-state index < -0.39 is 6.04 Å². The SMILES string of the molecule is CCCC(C(=O)OCC)N(CC#N)CC#N. The van der Waals surface area contributed by atoms with Crippen molar-refractivity contribution in [1.82, 2.24) is 4.90 Å². The zero-order chi connectivity index (χ0) is 12.4. The molecule has 0 heterocycles. The number of carbonyl (C=O) groups is 1. The summed E-state index contributed by atoms with van der Waals surface area (Å²) in [4.78, 5) is 13.2. The molecule has 0 aliphatic carbocycles. The highest BCUT2D eigenvalue weighted by molar-refractivity contribution is 5.75. The van der Waals surface area contributed by atoms with Gasteiger partial charge in [-0.25, -0.2) is 0 Å². The third kappa shape index (κ3) is 4.77. The zero-order valence-electron chi connectivity index (χ0n) is 9.77. The zero-order valence-corrected chi connectivity index (χ0v) is 9.77. The average molecular weight is 223 g/mol. The Bertz CT molecular complexity index is 275. The summed E-state index contributed by atoms with van der Waals surface area (Å²) in [6.07, 6.45) is 1.40. The standard InChI is InChI=1S/C11H17N3O2/c1-3-5-10(11(15)16-4-2)14(8-6-12)9-7-13/h10H,3-5,8-9H2,1-2H3. The molecule has 0 N–H and O–H groups in total. The number of ether oxygens (including phenoxy) is 1. The molecule has 0 aromatic carbocycles. The Morgan fingerprint density at radius 3 is 2.25 bits per heavy atom. The Morgan fingerprint density at radius 1 is 1.31 bits per heavy atom. The summed E-state index contributed by atoms with van der Waals surface area (Å²) in [6, 6.07) is 3.43. The molecule has 88 valence electrons. The lowest BCUT2D eigenvalue weighted by atomic mass is 10.1. The van der Waals surface area contributed by atoms with Crippen molar-refractivity contribution in [3.8, 4) is 12.1 Å². The topological polar surface area (TPSA) is 77.1 Å². The molecule has 0 rings (SSSR count). The number of hydrogen-bond donors (Lipinski definition) is 0. The van der Waals surface area contributed by atoms with Crippen LogP contribution in [-0.4, -0.2) is 36.6 Å². The van der Waals surface area contributed by atoms with Crippen LogP contribution in [0.15, 0.2) is 0 Å². The maximum atomic E-state index is 11.6. The van der Waals surface area contributed by atoms with E-state index in [0.29, 0.717) is 13.0 Å². The highest BCUT2D eigenvalue weighted by atomic mass is 16.5. The lowest BCUT2D eigenvalue weighted by Crippen LogP contribution is -2.42. The summed E-state index contributed by atoms with van der Waals surface area (Å²) in [5.74, 6) is -0.352. The van der Waals surface area contributed by atoms with Crippen molar-refractivity contribution in [2.24, 2.45) is 0 Å². The lowest BCUT2D eigenvalue weighted by Gasteiger charge is -2.25. The third-order valence-corrected chi connectivity index (χ3v) is 2.11. The van der Waals surface area contributed by atoms with Crippen molar-refractivity contribution in [3.63, 3.8) is 0 Å². The van der Waals surface area contributed by atoms with Gasteiger partial charge >= 0.3 is 5.97 Å². The van der Waals surface area contributed by atoms with Crippen molar-refractivity contribution in [1.29, 1.82) is 10.5 Å². The summed E-state index contributed by atoms with van der Waals surface area (Å²) in [5, 5.41) is 17.3. The minimum Gasteiger partial charge on any atom is -0.465 e. The first-order valence-corrected chi connectivity index (χ1v) is 5.35. The molecule has 0 saturated carbocycles. The molecule has 0 radical (unpaired) electrons. The molecule has 0 aliphatic heterocycles. The van der Waals surface area contributed by atoms with E-state index in [-0.39, 0.29) is 19.1 Å². The van der Waals surface area contributed by atoms with E-state index in [9.17, 15) is 4.79 Å². The predicted molar refractivity (Wildman–Crippen MR) is 58.1 cm³/mol. The van der Waals surface area contributed by atoms with Crippen LogP contribution in [0, 0.1) is 22.7 Å². The van der Waals surface area contributed by atoms with Crippen LogP contribution in [0.3, 0.4) is 0 Å². The van der Waals surface area contributed by atoms with Crippen molar-refractivity contribution >= 4 is 5.97 Å². The largest absolute Gasteiger partial charge is 0.465 e. The van der Waals surface area contributed by atoms with E-state index in [1.807, 2.05) is 19.1 Å². The van der Waals surface area contributed by atoms with E-state index >= 15 is 0 Å². The van der Waals surface area contributed by atoms with E-state index in [4.69, 9.17) is 15.3 Å². The number of esters is 1.